The Bertz CT molecular complexity index is 481. The van der Waals surface area contributed by atoms with E-state index in [9.17, 15) is 0 Å². The molecular weight excluding hydrogens is 184 g/mol. The van der Waals surface area contributed by atoms with Gasteiger partial charge in [0.2, 0.25) is 0 Å². The predicted molar refractivity (Wildman–Crippen MR) is 65.2 cm³/mol. The highest BCUT2D eigenvalue weighted by Gasteiger charge is 1.96. The predicted octanol–water partition coefficient (Wildman–Crippen LogP) is 2.74. The van der Waals surface area contributed by atoms with Gasteiger partial charge in [-0.2, -0.15) is 5.10 Å². The molecule has 0 fully saturated rings. The number of hydrazone groups is 1. The molecule has 0 saturated carbocycles. The first-order chi connectivity index (χ1) is 7.27. The third-order valence-electron chi connectivity index (χ3n) is 2.25. The molecule has 0 spiro atoms. The van der Waals surface area contributed by atoms with Crippen LogP contribution < -0.4 is 0 Å². The van der Waals surface area contributed by atoms with E-state index in [2.05, 4.69) is 47.6 Å². The number of fused-ring (bicyclic) bond motifs is 1. The summed E-state index contributed by atoms with van der Waals surface area (Å²) < 4.78 is 0. The summed E-state index contributed by atoms with van der Waals surface area (Å²) in [6.07, 6.45) is 1.89. The van der Waals surface area contributed by atoms with Crippen molar-refractivity contribution in [1.29, 1.82) is 0 Å². The lowest BCUT2D eigenvalue weighted by Crippen LogP contribution is -2.02. The molecule has 0 atom stereocenters. The molecule has 0 radical (unpaired) electrons. The molecule has 2 heteroatoms. The zero-order valence-corrected chi connectivity index (χ0v) is 9.01. The van der Waals surface area contributed by atoms with Gasteiger partial charge < -0.3 is 5.01 Å². The van der Waals surface area contributed by atoms with Gasteiger partial charge in [0.05, 0.1) is 6.21 Å². The van der Waals surface area contributed by atoms with Gasteiger partial charge in [-0.1, -0.05) is 42.5 Å². The van der Waals surface area contributed by atoms with Crippen molar-refractivity contribution in [2.45, 2.75) is 0 Å². The third-order valence-corrected chi connectivity index (χ3v) is 2.25. The van der Waals surface area contributed by atoms with E-state index in [4.69, 9.17) is 0 Å². The second kappa shape index (κ2) is 4.13. The molecule has 0 aliphatic heterocycles. The molecule has 2 nitrogen and oxygen atoms in total. The van der Waals surface area contributed by atoms with E-state index in [1.807, 2.05) is 20.3 Å². The van der Waals surface area contributed by atoms with Gasteiger partial charge in [0, 0.05) is 19.7 Å². The van der Waals surface area contributed by atoms with Crippen molar-refractivity contribution in [3.63, 3.8) is 0 Å². The van der Waals surface area contributed by atoms with Crippen LogP contribution in [0.5, 0.6) is 0 Å². The van der Waals surface area contributed by atoms with Gasteiger partial charge in [-0.15, -0.1) is 0 Å². The van der Waals surface area contributed by atoms with Crippen molar-refractivity contribution in [2.75, 3.05) is 14.1 Å². The molecule has 2 rings (SSSR count). The fourth-order valence-corrected chi connectivity index (χ4v) is 1.54. The quantitative estimate of drug-likeness (QED) is 0.535. The van der Waals surface area contributed by atoms with Crippen LogP contribution in [0.15, 0.2) is 47.6 Å². The van der Waals surface area contributed by atoms with Crippen molar-refractivity contribution in [1.82, 2.24) is 5.01 Å². The summed E-state index contributed by atoms with van der Waals surface area (Å²) in [6.45, 7) is 0. The molecule has 0 aromatic heterocycles. The van der Waals surface area contributed by atoms with Crippen LogP contribution >= 0.6 is 0 Å². The number of benzene rings is 2. The van der Waals surface area contributed by atoms with Gasteiger partial charge in [0.15, 0.2) is 0 Å². The SMILES string of the molecule is CN(C)/N=C/c1cccc2ccccc12. The standard InChI is InChI=1S/C13H14N2/c1-15(2)14-10-12-8-5-7-11-6-3-4-9-13(11)12/h3-10H,1-2H3/b14-10+. The van der Waals surface area contributed by atoms with Crippen LogP contribution in [0.4, 0.5) is 0 Å². The Morgan fingerprint density at radius 3 is 2.53 bits per heavy atom. The Hall–Kier alpha value is -1.83. The molecular formula is C13H14N2. The van der Waals surface area contributed by atoms with Gasteiger partial charge in [-0.05, 0) is 10.8 Å². The van der Waals surface area contributed by atoms with Crippen molar-refractivity contribution >= 4 is 17.0 Å². The number of rotatable bonds is 2. The van der Waals surface area contributed by atoms with Crippen LogP contribution in [0.25, 0.3) is 10.8 Å². The minimum absolute atomic E-state index is 1.15. The molecule has 0 bridgehead atoms. The zero-order chi connectivity index (χ0) is 10.7. The summed E-state index contributed by atoms with van der Waals surface area (Å²) in [5, 5.41) is 8.54. The van der Waals surface area contributed by atoms with E-state index in [-0.39, 0.29) is 0 Å². The normalized spacial score (nSPS) is 11.1. The summed E-state index contributed by atoms with van der Waals surface area (Å²) >= 11 is 0. The molecule has 0 aliphatic rings. The highest BCUT2D eigenvalue weighted by Crippen LogP contribution is 2.16. The van der Waals surface area contributed by atoms with Gasteiger partial charge >= 0.3 is 0 Å². The van der Waals surface area contributed by atoms with Crippen LogP contribution in [0, 0.1) is 0 Å². The highest BCUT2D eigenvalue weighted by atomic mass is 15.4. The molecule has 15 heavy (non-hydrogen) atoms. The van der Waals surface area contributed by atoms with Crippen LogP contribution in [0.3, 0.4) is 0 Å². The van der Waals surface area contributed by atoms with E-state index in [0.717, 1.165) is 5.56 Å². The van der Waals surface area contributed by atoms with E-state index in [1.54, 1.807) is 5.01 Å². The Morgan fingerprint density at radius 2 is 1.73 bits per heavy atom. The van der Waals surface area contributed by atoms with E-state index < -0.39 is 0 Å². The van der Waals surface area contributed by atoms with Crippen molar-refractivity contribution in [3.05, 3.63) is 48.0 Å². The summed E-state index contributed by atoms with van der Waals surface area (Å²) in [6, 6.07) is 14.6. The molecule has 76 valence electrons. The molecule has 0 unspecified atom stereocenters. The fourth-order valence-electron chi connectivity index (χ4n) is 1.54. The maximum atomic E-state index is 4.25. The number of hydrogen-bond acceptors (Lipinski definition) is 2. The maximum absolute atomic E-state index is 4.25. The first-order valence-electron chi connectivity index (χ1n) is 4.96. The summed E-state index contributed by atoms with van der Waals surface area (Å²) in [5.74, 6) is 0. The van der Waals surface area contributed by atoms with E-state index >= 15 is 0 Å². The monoisotopic (exact) mass is 198 g/mol. The summed E-state index contributed by atoms with van der Waals surface area (Å²) in [5.41, 5.74) is 1.15. The molecule has 0 saturated heterocycles. The lowest BCUT2D eigenvalue weighted by atomic mass is 10.1. The molecule has 2 aromatic rings. The number of hydrogen-bond donors (Lipinski definition) is 0. The van der Waals surface area contributed by atoms with Crippen LogP contribution in [0.1, 0.15) is 5.56 Å². The second-order valence-corrected chi connectivity index (χ2v) is 3.66. The first-order valence-corrected chi connectivity index (χ1v) is 4.96. The van der Waals surface area contributed by atoms with Gasteiger partial charge in [0.25, 0.3) is 0 Å². The fraction of sp³-hybridized carbons (Fsp3) is 0.154. The highest BCUT2D eigenvalue weighted by molar-refractivity contribution is 5.99. The van der Waals surface area contributed by atoms with Crippen LogP contribution in [0.2, 0.25) is 0 Å². The van der Waals surface area contributed by atoms with Crippen molar-refractivity contribution < 1.29 is 0 Å². The van der Waals surface area contributed by atoms with E-state index in [1.165, 1.54) is 10.8 Å². The molecule has 0 N–H and O–H groups in total. The minimum Gasteiger partial charge on any atom is -0.303 e. The Labute approximate surface area is 89.8 Å². The van der Waals surface area contributed by atoms with Gasteiger partial charge in [-0.25, -0.2) is 0 Å². The average molecular weight is 198 g/mol. The molecule has 0 aliphatic carbocycles. The Morgan fingerprint density at radius 1 is 1.00 bits per heavy atom. The van der Waals surface area contributed by atoms with Crippen molar-refractivity contribution in [3.8, 4) is 0 Å². The minimum atomic E-state index is 1.15. The van der Waals surface area contributed by atoms with Gasteiger partial charge in [-0.3, -0.25) is 0 Å². The van der Waals surface area contributed by atoms with Crippen LogP contribution in [-0.4, -0.2) is 25.3 Å². The van der Waals surface area contributed by atoms with Crippen molar-refractivity contribution in [2.24, 2.45) is 5.10 Å². The zero-order valence-electron chi connectivity index (χ0n) is 9.01. The lowest BCUT2D eigenvalue weighted by molar-refractivity contribution is 0.440. The lowest BCUT2D eigenvalue weighted by Gasteiger charge is -2.04. The largest absolute Gasteiger partial charge is 0.303 e. The third kappa shape index (κ3) is 2.15. The first kappa shape index (κ1) is 9.71. The Balaban J connectivity index is 2.51. The molecule has 2 aromatic carbocycles. The second-order valence-electron chi connectivity index (χ2n) is 3.66. The summed E-state index contributed by atoms with van der Waals surface area (Å²) in [4.78, 5) is 0. The molecule has 0 heterocycles. The smallest absolute Gasteiger partial charge is 0.0548 e. The van der Waals surface area contributed by atoms with E-state index in [0.29, 0.717) is 0 Å². The maximum Gasteiger partial charge on any atom is 0.0548 e. The average Bonchev–Trinajstić information content (AvgIpc) is 2.26. The van der Waals surface area contributed by atoms with Gasteiger partial charge in [0.1, 0.15) is 0 Å². The van der Waals surface area contributed by atoms with Crippen LogP contribution in [-0.2, 0) is 0 Å². The Kier molecular flexibility index (Phi) is 2.68. The number of nitrogens with zero attached hydrogens (tertiary/aromatic N) is 2. The summed E-state index contributed by atoms with van der Waals surface area (Å²) in [7, 11) is 3.84. The topological polar surface area (TPSA) is 15.6 Å². The molecule has 0 amide bonds.